The molecule has 5 heteroatoms. The summed E-state index contributed by atoms with van der Waals surface area (Å²) in [5, 5.41) is 3.41. The van der Waals surface area contributed by atoms with Crippen LogP contribution in [0.2, 0.25) is 0 Å². The van der Waals surface area contributed by atoms with E-state index in [9.17, 15) is 0 Å². The first-order chi connectivity index (χ1) is 11.3. The molecule has 3 aromatic rings. The van der Waals surface area contributed by atoms with Gasteiger partial charge in [0.25, 0.3) is 0 Å². The Morgan fingerprint density at radius 3 is 2.87 bits per heavy atom. The highest BCUT2D eigenvalue weighted by atomic mass is 79.9. The molecule has 1 aromatic heterocycles. The Bertz CT molecular complexity index is 785. The molecule has 0 saturated heterocycles. The maximum Gasteiger partial charge on any atom is 0.125 e. The lowest BCUT2D eigenvalue weighted by atomic mass is 10.2. The zero-order valence-corrected chi connectivity index (χ0v) is 14.4. The smallest absolute Gasteiger partial charge is 0.125 e. The van der Waals surface area contributed by atoms with Gasteiger partial charge in [-0.25, -0.2) is 4.98 Å². The average molecular weight is 372 g/mol. The van der Waals surface area contributed by atoms with E-state index in [2.05, 4.69) is 49.4 Å². The van der Waals surface area contributed by atoms with Crippen LogP contribution in [0.3, 0.4) is 0 Å². The number of benzene rings is 2. The summed E-state index contributed by atoms with van der Waals surface area (Å²) in [7, 11) is 1.70. The summed E-state index contributed by atoms with van der Waals surface area (Å²) in [6.45, 7) is 1.22. The zero-order chi connectivity index (χ0) is 16.1. The van der Waals surface area contributed by atoms with Gasteiger partial charge in [0.05, 0.1) is 25.0 Å². The Kier molecular flexibility index (Phi) is 5.10. The molecule has 3 rings (SSSR count). The molecular weight excluding hydrogens is 354 g/mol. The van der Waals surface area contributed by atoms with Gasteiger partial charge < -0.3 is 15.0 Å². The van der Waals surface area contributed by atoms with E-state index in [1.807, 2.05) is 36.5 Å². The second-order valence-electron chi connectivity index (χ2n) is 5.20. The van der Waals surface area contributed by atoms with Crippen LogP contribution in [0.25, 0.3) is 11.3 Å². The van der Waals surface area contributed by atoms with Crippen molar-refractivity contribution >= 4 is 21.6 Å². The molecule has 0 aliphatic carbocycles. The molecular formula is C18H18BrN3O. The van der Waals surface area contributed by atoms with Crippen LogP contribution in [-0.4, -0.2) is 17.1 Å². The predicted octanol–water partition coefficient (Wildman–Crippen LogP) is 4.60. The maximum absolute atomic E-state index is 5.23. The number of rotatable bonds is 6. The van der Waals surface area contributed by atoms with E-state index < -0.39 is 0 Å². The SMILES string of the molecule is COCc1ccccc1NCc1ncc(-c2cccc(Br)c2)[nH]1. The summed E-state index contributed by atoms with van der Waals surface area (Å²) < 4.78 is 6.28. The van der Waals surface area contributed by atoms with E-state index in [0.717, 1.165) is 32.8 Å². The van der Waals surface area contributed by atoms with Crippen LogP contribution in [0.1, 0.15) is 11.4 Å². The van der Waals surface area contributed by atoms with E-state index in [1.54, 1.807) is 7.11 Å². The molecule has 0 fully saturated rings. The van der Waals surface area contributed by atoms with Gasteiger partial charge in [0.1, 0.15) is 5.82 Å². The second-order valence-corrected chi connectivity index (χ2v) is 6.11. The van der Waals surface area contributed by atoms with Crippen LogP contribution < -0.4 is 5.32 Å². The number of ether oxygens (including phenoxy) is 1. The van der Waals surface area contributed by atoms with Crippen LogP contribution in [0.5, 0.6) is 0 Å². The van der Waals surface area contributed by atoms with Crippen molar-refractivity contribution in [3.8, 4) is 11.3 Å². The number of hydrogen-bond acceptors (Lipinski definition) is 3. The highest BCUT2D eigenvalue weighted by Crippen LogP contribution is 2.22. The fourth-order valence-corrected chi connectivity index (χ4v) is 2.81. The Labute approximate surface area is 144 Å². The lowest BCUT2D eigenvalue weighted by Crippen LogP contribution is -2.04. The van der Waals surface area contributed by atoms with Gasteiger partial charge in [-0.05, 0) is 18.2 Å². The number of halogens is 1. The number of para-hydroxylation sites is 1. The van der Waals surface area contributed by atoms with Crippen molar-refractivity contribution < 1.29 is 4.74 Å². The number of imidazole rings is 1. The average Bonchev–Trinajstić information content (AvgIpc) is 3.03. The minimum atomic E-state index is 0.588. The molecule has 0 radical (unpaired) electrons. The summed E-state index contributed by atoms with van der Waals surface area (Å²) in [6, 6.07) is 16.3. The molecule has 0 aliphatic rings. The van der Waals surface area contributed by atoms with Gasteiger partial charge in [0.2, 0.25) is 0 Å². The van der Waals surface area contributed by atoms with Gasteiger partial charge >= 0.3 is 0 Å². The molecule has 0 aliphatic heterocycles. The van der Waals surface area contributed by atoms with E-state index in [0.29, 0.717) is 13.2 Å². The molecule has 4 nitrogen and oxygen atoms in total. The molecule has 2 N–H and O–H groups in total. The fourth-order valence-electron chi connectivity index (χ4n) is 2.41. The molecule has 1 heterocycles. The van der Waals surface area contributed by atoms with Crippen molar-refractivity contribution in [3.05, 3.63) is 70.6 Å². The van der Waals surface area contributed by atoms with Gasteiger partial charge in [0.15, 0.2) is 0 Å². The normalized spacial score (nSPS) is 10.7. The summed E-state index contributed by atoms with van der Waals surface area (Å²) in [6.07, 6.45) is 1.86. The lowest BCUT2D eigenvalue weighted by molar-refractivity contribution is 0.185. The van der Waals surface area contributed by atoms with Crippen LogP contribution in [0.4, 0.5) is 5.69 Å². The number of nitrogens with zero attached hydrogens (tertiary/aromatic N) is 1. The van der Waals surface area contributed by atoms with Crippen molar-refractivity contribution in [2.24, 2.45) is 0 Å². The first kappa shape index (κ1) is 15.8. The molecule has 118 valence electrons. The van der Waals surface area contributed by atoms with Gasteiger partial charge in [-0.15, -0.1) is 0 Å². The van der Waals surface area contributed by atoms with Gasteiger partial charge in [0, 0.05) is 28.4 Å². The lowest BCUT2D eigenvalue weighted by Gasteiger charge is -2.10. The fraction of sp³-hybridized carbons (Fsp3) is 0.167. The number of aromatic nitrogens is 2. The summed E-state index contributed by atoms with van der Waals surface area (Å²) in [5.74, 6) is 0.896. The number of hydrogen-bond donors (Lipinski definition) is 2. The molecule has 0 spiro atoms. The van der Waals surface area contributed by atoms with Crippen LogP contribution in [-0.2, 0) is 17.9 Å². The van der Waals surface area contributed by atoms with Crippen molar-refractivity contribution in [1.82, 2.24) is 9.97 Å². The van der Waals surface area contributed by atoms with Crippen molar-refractivity contribution in [1.29, 1.82) is 0 Å². The molecule has 0 unspecified atom stereocenters. The summed E-state index contributed by atoms with van der Waals surface area (Å²) >= 11 is 3.49. The van der Waals surface area contributed by atoms with E-state index in [-0.39, 0.29) is 0 Å². The first-order valence-corrected chi connectivity index (χ1v) is 8.16. The largest absolute Gasteiger partial charge is 0.380 e. The zero-order valence-electron chi connectivity index (χ0n) is 12.8. The van der Waals surface area contributed by atoms with Crippen LogP contribution >= 0.6 is 15.9 Å². The van der Waals surface area contributed by atoms with Gasteiger partial charge in [-0.1, -0.05) is 46.3 Å². The number of nitrogens with one attached hydrogen (secondary N) is 2. The highest BCUT2D eigenvalue weighted by molar-refractivity contribution is 9.10. The van der Waals surface area contributed by atoms with Crippen LogP contribution in [0, 0.1) is 0 Å². The molecule has 0 saturated carbocycles. The Morgan fingerprint density at radius 2 is 2.04 bits per heavy atom. The van der Waals surface area contributed by atoms with Gasteiger partial charge in [-0.2, -0.15) is 0 Å². The minimum absolute atomic E-state index is 0.588. The summed E-state index contributed by atoms with van der Waals surface area (Å²) in [5.41, 5.74) is 4.31. The first-order valence-electron chi connectivity index (χ1n) is 7.37. The Hall–Kier alpha value is -2.11. The van der Waals surface area contributed by atoms with E-state index in [4.69, 9.17) is 4.74 Å². The number of methoxy groups -OCH3 is 1. The molecule has 23 heavy (non-hydrogen) atoms. The van der Waals surface area contributed by atoms with E-state index in [1.165, 1.54) is 0 Å². The van der Waals surface area contributed by atoms with Crippen molar-refractivity contribution in [2.45, 2.75) is 13.2 Å². The predicted molar refractivity (Wildman–Crippen MR) is 96.2 cm³/mol. The van der Waals surface area contributed by atoms with E-state index >= 15 is 0 Å². The molecule has 0 amide bonds. The van der Waals surface area contributed by atoms with Crippen molar-refractivity contribution in [2.75, 3.05) is 12.4 Å². The Balaban J connectivity index is 1.70. The topological polar surface area (TPSA) is 49.9 Å². The third-order valence-corrected chi connectivity index (χ3v) is 4.02. The highest BCUT2D eigenvalue weighted by Gasteiger charge is 2.05. The Morgan fingerprint density at radius 1 is 1.17 bits per heavy atom. The molecule has 0 bridgehead atoms. The number of H-pyrrole nitrogens is 1. The second kappa shape index (κ2) is 7.44. The number of anilines is 1. The number of aromatic amines is 1. The summed E-state index contributed by atoms with van der Waals surface area (Å²) in [4.78, 5) is 7.80. The van der Waals surface area contributed by atoms with Crippen LogP contribution in [0.15, 0.2) is 59.2 Å². The standard InChI is InChI=1S/C18H18BrN3O/c1-23-12-14-5-2-3-8-16(14)20-11-18-21-10-17(22-18)13-6-4-7-15(19)9-13/h2-10,20H,11-12H2,1H3,(H,21,22). The van der Waals surface area contributed by atoms with Gasteiger partial charge in [-0.3, -0.25) is 0 Å². The third kappa shape index (κ3) is 4.00. The third-order valence-electron chi connectivity index (χ3n) is 3.53. The van der Waals surface area contributed by atoms with Crippen molar-refractivity contribution in [3.63, 3.8) is 0 Å². The molecule has 2 aromatic carbocycles. The minimum Gasteiger partial charge on any atom is -0.380 e. The molecule has 0 atom stereocenters. The monoisotopic (exact) mass is 371 g/mol. The quantitative estimate of drug-likeness (QED) is 0.665. The maximum atomic E-state index is 5.23.